The van der Waals surface area contributed by atoms with Crippen LogP contribution in [-0.4, -0.2) is 118 Å². The average Bonchev–Trinajstić information content (AvgIpc) is 4.18. The third-order valence-electron chi connectivity index (χ3n) is 7.33. The number of H-pyrrole nitrogens is 1. The van der Waals surface area contributed by atoms with Gasteiger partial charge in [-0.1, -0.05) is 58.2 Å². The molecule has 8 heterocycles. The molecule has 0 unspecified atom stereocenters. The Morgan fingerprint density at radius 1 is 0.797 bits per heavy atom. The maximum atomic E-state index is 12.3. The predicted octanol–water partition coefficient (Wildman–Crippen LogP) is -1.88. The molecular formula is C32H30N24O6S2. The molecule has 0 spiro atoms. The largest absolute Gasteiger partial charge is 0.388 e. The van der Waals surface area contributed by atoms with Crippen molar-refractivity contribution in [3.8, 4) is 22.0 Å². The number of hydrogen-bond donors (Lipinski definition) is 5. The van der Waals surface area contributed by atoms with Crippen molar-refractivity contribution < 1.29 is 30.8 Å². The first kappa shape index (κ1) is 31.6. The van der Waals surface area contributed by atoms with E-state index in [1.165, 1.54) is 24.0 Å². The van der Waals surface area contributed by atoms with Crippen LogP contribution in [0, 0.1) is 5.53 Å². The van der Waals surface area contributed by atoms with Crippen molar-refractivity contribution in [3.63, 3.8) is 0 Å². The molecule has 64 heavy (non-hydrogen) atoms. The number of imidazole rings is 4. The Kier molecular flexibility index (Phi) is 10.0. The molecule has 0 aliphatic carbocycles. The molecule has 0 radical (unpaired) electrons. The van der Waals surface area contributed by atoms with E-state index in [0.717, 1.165) is 42.5 Å². The number of aromatic amines is 1. The summed E-state index contributed by atoms with van der Waals surface area (Å²) in [5.41, 5.74) is 20.9. The van der Waals surface area contributed by atoms with Gasteiger partial charge in [0.2, 0.25) is 11.9 Å². The Morgan fingerprint density at radius 3 is 1.83 bits per heavy atom. The predicted molar refractivity (Wildman–Crippen MR) is 225 cm³/mol. The maximum absolute atomic E-state index is 12.3. The van der Waals surface area contributed by atoms with Gasteiger partial charge in [-0.25, -0.2) is 67.8 Å². The second-order valence-electron chi connectivity index (χ2n) is 11.1. The minimum absolute atomic E-state index is 0.0208. The molecule has 9 rings (SSSR count). The topological polar surface area (TPSA) is 415 Å². The van der Waals surface area contributed by atoms with Crippen molar-refractivity contribution in [3.05, 3.63) is 110 Å². The van der Waals surface area contributed by atoms with Crippen LogP contribution in [0.25, 0.3) is 38.9 Å². The van der Waals surface area contributed by atoms with E-state index in [-0.39, 0.29) is 54.2 Å². The van der Waals surface area contributed by atoms with E-state index >= 15 is 0 Å². The molecule has 0 saturated carbocycles. The summed E-state index contributed by atoms with van der Waals surface area (Å²) >= 11 is 6.15. The number of nitrogens with two attached hydrogens (primary N) is 3. The van der Waals surface area contributed by atoms with Crippen molar-refractivity contribution >= 4 is 69.2 Å². The van der Waals surface area contributed by atoms with Crippen LogP contribution in [0.2, 0.25) is 0 Å². The maximum Gasteiger partial charge on any atom is 0.352 e. The Hall–Kier alpha value is -9.29. The number of nitrogens with one attached hydrogen (secondary N) is 2. The quantitative estimate of drug-likeness (QED) is 0.0527. The van der Waals surface area contributed by atoms with Crippen LogP contribution >= 0.6 is 23.6 Å². The number of aliphatic imine (C=N–C) groups is 1. The van der Waals surface area contributed by atoms with Gasteiger partial charge in [0.15, 0.2) is 28.3 Å². The van der Waals surface area contributed by atoms with E-state index in [0.29, 0.717) is 16.1 Å². The number of thiazole rings is 1. The number of aromatic nitrogens is 18. The molecule has 9 aromatic rings. The minimum atomic E-state index is -2.75. The number of carbonyl (C=O) groups is 2. The van der Waals surface area contributed by atoms with Gasteiger partial charge < -0.3 is 22.2 Å². The van der Waals surface area contributed by atoms with Crippen LogP contribution in [0.1, 0.15) is 43.1 Å². The van der Waals surface area contributed by atoms with E-state index in [9.17, 15) is 24.0 Å². The number of thiocarbonyl (C=S) groups is 1. The van der Waals surface area contributed by atoms with Crippen molar-refractivity contribution in [1.29, 1.82) is 5.53 Å². The summed E-state index contributed by atoms with van der Waals surface area (Å²) < 4.78 is 86.7. The lowest BCUT2D eigenvalue weighted by molar-refractivity contribution is 0.0988. The van der Waals surface area contributed by atoms with Crippen molar-refractivity contribution in [2.75, 3.05) is 6.98 Å². The summed E-state index contributed by atoms with van der Waals surface area (Å²) in [5.74, 6) is -1.52. The van der Waals surface area contributed by atoms with Gasteiger partial charge in [-0.2, -0.15) is 14.0 Å². The zero-order valence-corrected chi connectivity index (χ0v) is 32.9. The van der Waals surface area contributed by atoms with E-state index in [1.54, 1.807) is 0 Å². The van der Waals surface area contributed by atoms with Crippen LogP contribution in [0.3, 0.4) is 0 Å². The monoisotopic (exact) mass is 922 g/mol. The van der Waals surface area contributed by atoms with Crippen molar-refractivity contribution in [2.45, 2.75) is 0 Å². The van der Waals surface area contributed by atoms with Gasteiger partial charge in [-0.3, -0.25) is 9.59 Å². The Balaban J connectivity index is 0.000000186. The zero-order chi connectivity index (χ0) is 56.7. The molecular weight excluding hydrogens is 881 g/mol. The first-order valence-corrected chi connectivity index (χ1v) is 17.6. The highest BCUT2D eigenvalue weighted by atomic mass is 32.1. The number of rotatable bonds is 6. The lowest BCUT2D eigenvalue weighted by atomic mass is 10.2. The fourth-order valence-corrected chi connectivity index (χ4v) is 5.55. The first-order valence-electron chi connectivity index (χ1n) is 22.3. The summed E-state index contributed by atoms with van der Waals surface area (Å²) in [6.07, 6.45) is 5.47. The molecule has 8 N–H and O–H groups in total. The van der Waals surface area contributed by atoms with E-state index < -0.39 is 56.8 Å². The molecule has 0 aliphatic rings. The van der Waals surface area contributed by atoms with Crippen LogP contribution in [0.4, 0.5) is 5.82 Å². The summed E-state index contributed by atoms with van der Waals surface area (Å²) in [5, 5.41) is 26.5. The third-order valence-corrected chi connectivity index (χ3v) is 8.41. The van der Waals surface area contributed by atoms with Crippen molar-refractivity contribution in [1.82, 2.24) is 88.1 Å². The third kappa shape index (κ3) is 10.0. The van der Waals surface area contributed by atoms with Gasteiger partial charge in [0, 0.05) is 55.3 Å². The van der Waals surface area contributed by atoms with Crippen molar-refractivity contribution in [2.24, 2.45) is 48.2 Å². The van der Waals surface area contributed by atoms with E-state index in [4.69, 9.17) is 56.2 Å². The highest BCUT2D eigenvalue weighted by molar-refractivity contribution is 7.80. The molecule has 0 bridgehead atoms. The highest BCUT2D eigenvalue weighted by Gasteiger charge is 2.17. The Labute approximate surface area is 380 Å². The van der Waals surface area contributed by atoms with E-state index in [2.05, 4.69) is 70.9 Å². The van der Waals surface area contributed by atoms with Crippen LogP contribution in [-0.2, 0) is 25.7 Å². The number of benzene rings is 1. The van der Waals surface area contributed by atoms with Crippen LogP contribution in [0.5, 0.6) is 0 Å². The fourth-order valence-electron chi connectivity index (χ4n) is 4.59. The number of nitrogens with zero attached hydrogens (tertiary/aromatic N) is 19. The summed E-state index contributed by atoms with van der Waals surface area (Å²) in [7, 11) is 0. The second kappa shape index (κ2) is 20.3. The fraction of sp³-hybridized carbons (Fsp3) is 0.125. The zero-order valence-electron chi connectivity index (χ0n) is 43.3. The molecule has 30 nitrogen and oxygen atoms in total. The van der Waals surface area contributed by atoms with Crippen LogP contribution < -0.4 is 34.3 Å². The Morgan fingerprint density at radius 2 is 1.34 bits per heavy atom. The standard InChI is InChI=1S/C14H10N6OS.C6H6N6O2.C6H6N6OS.C4H5N5O.C2H3NO/c1-19-14(21)20-8-15-11(12(20)17-18-19)10-7-22-13(16-10)9-5-3-2-4-6-9;1-11-6(14)12-2-8-3(4(7)13)5(12)9-10-11;1-11-6(13)12-2-8-3(4(7)14)5(12)9-10-11;5-3(10)2-4(9-6)8-1-7-2;1-3-2-4/h2-8H,1H3;2H,1H3,(H2,7,13);2H,1H3,(H2,7,14);1,6H,(H2,5,10)(H,7,8);1H3/i3*1D3;;1D3. The van der Waals surface area contributed by atoms with Gasteiger partial charge in [0.25, 0.3) is 11.8 Å². The van der Waals surface area contributed by atoms with Gasteiger partial charge in [-0.05, 0) is 0 Å². The SMILES string of the molecule is N=Nc1nc[nH]c1C(N)=O.[2H]C([2H])([2H])N=C=O.[2H]C([2H])([2H])n1nnc2c(-c3csc(-c4ccccc4)n3)ncn2c1=O.[2H]C([2H])([2H])n1nnc2c(C(N)=O)ncn2c1=O.[2H]C([2H])([2H])n1nnc2c(C(N)=S)ncn2c1=O. The number of isocyanates is 1. The van der Waals surface area contributed by atoms with Gasteiger partial charge in [0.1, 0.15) is 46.1 Å². The molecule has 0 fully saturated rings. The molecule has 8 aromatic heterocycles. The normalized spacial score (nSPS) is 13.8. The summed E-state index contributed by atoms with van der Waals surface area (Å²) in [6.45, 7) is -10.7. The lowest BCUT2D eigenvalue weighted by Crippen LogP contribution is -2.27. The molecule has 32 heteroatoms. The number of hydrogen-bond acceptors (Lipinski definition) is 22. The number of aryl methyl sites for hydroxylation is 3. The minimum Gasteiger partial charge on any atom is -0.388 e. The molecule has 326 valence electrons. The number of amides is 2. The highest BCUT2D eigenvalue weighted by Crippen LogP contribution is 2.29. The smallest absolute Gasteiger partial charge is 0.352 e. The number of fused-ring (bicyclic) bond motifs is 3. The van der Waals surface area contributed by atoms with Gasteiger partial charge in [-0.15, -0.1) is 31.7 Å². The number of carbonyl (C=O) groups excluding carboxylic acids is 3. The molecule has 0 atom stereocenters. The summed E-state index contributed by atoms with van der Waals surface area (Å²) in [6, 6.07) is 9.66. The first-order chi connectivity index (χ1) is 35.4. The molecule has 2 amide bonds. The van der Waals surface area contributed by atoms with Gasteiger partial charge in [0.05, 0.1) is 6.33 Å². The Bertz CT molecular complexity index is 3730. The van der Waals surface area contributed by atoms with Crippen LogP contribution in [0.15, 0.2) is 85.5 Å². The number of primary amides is 2. The van der Waals surface area contributed by atoms with Gasteiger partial charge >= 0.3 is 17.1 Å². The molecule has 0 saturated heterocycles. The second-order valence-corrected chi connectivity index (χ2v) is 12.4. The van der Waals surface area contributed by atoms with E-state index in [1.807, 2.05) is 35.7 Å². The molecule has 1 aromatic carbocycles. The lowest BCUT2D eigenvalue weighted by Gasteiger charge is -1.96. The molecule has 0 aliphatic heterocycles. The average molecular weight is 923 g/mol. The summed E-state index contributed by atoms with van der Waals surface area (Å²) in [4.78, 5) is 90.7.